The predicted molar refractivity (Wildman–Crippen MR) is 153 cm³/mol. The molecule has 0 spiro atoms. The largest absolute Gasteiger partial charge is 0.280 e. The van der Waals surface area contributed by atoms with Crippen LogP contribution in [-0.2, 0) is 10.0 Å². The Labute approximate surface area is 234 Å². The molecule has 10 nitrogen and oxygen atoms in total. The van der Waals surface area contributed by atoms with Crippen LogP contribution in [0.3, 0.4) is 0 Å². The molecule has 13 heteroatoms. The first-order valence-corrected chi connectivity index (χ1v) is 14.7. The van der Waals surface area contributed by atoms with E-state index < -0.39 is 26.7 Å². The van der Waals surface area contributed by atoms with E-state index in [1.54, 1.807) is 0 Å². The van der Waals surface area contributed by atoms with Crippen molar-refractivity contribution >= 4 is 54.5 Å². The summed E-state index contributed by atoms with van der Waals surface area (Å²) in [5.74, 6) is -1.05. The fraction of sp³-hybridized carbons (Fsp3) is 0.222. The molecule has 40 heavy (non-hydrogen) atoms. The molecule has 3 aromatic carbocycles. The Balaban J connectivity index is 1.69. The number of halogens is 1. The van der Waals surface area contributed by atoms with Gasteiger partial charge in [0, 0.05) is 30.8 Å². The number of nitro groups is 1. The standard InChI is InChI=1S/C27H26FN5O5S2/c1-3-15-31(16-4-2)40(37,38)23-12-7-20(8-13-23)26(34)32(27-30-24-14-9-21(28)17-25(24)39-27)29-18-19-5-10-22(11-6-19)33(35)36/h5-14,17-18H,3-4,15-16H2,1-2H3/b29-18+. The number of rotatable bonds is 11. The second-order valence-electron chi connectivity index (χ2n) is 8.75. The molecule has 0 unspecified atom stereocenters. The number of benzene rings is 3. The number of nitro benzene ring substituents is 1. The second kappa shape index (κ2) is 12.4. The van der Waals surface area contributed by atoms with Crippen LogP contribution in [-0.4, -0.2) is 47.8 Å². The van der Waals surface area contributed by atoms with Gasteiger partial charge in [0.2, 0.25) is 15.2 Å². The number of hydrazone groups is 1. The van der Waals surface area contributed by atoms with E-state index in [1.165, 1.54) is 77.2 Å². The van der Waals surface area contributed by atoms with Crippen molar-refractivity contribution < 1.29 is 22.5 Å². The average Bonchev–Trinajstić information content (AvgIpc) is 3.36. The van der Waals surface area contributed by atoms with Crippen molar-refractivity contribution in [3.8, 4) is 0 Å². The second-order valence-corrected chi connectivity index (χ2v) is 11.7. The molecule has 0 aliphatic heterocycles. The number of fused-ring (bicyclic) bond motifs is 1. The third-order valence-electron chi connectivity index (χ3n) is 5.82. The summed E-state index contributed by atoms with van der Waals surface area (Å²) < 4.78 is 42.0. The first-order chi connectivity index (χ1) is 19.1. The molecule has 4 aromatic rings. The number of anilines is 1. The molecule has 208 valence electrons. The maximum absolute atomic E-state index is 13.8. The number of hydrogen-bond acceptors (Lipinski definition) is 8. The zero-order valence-corrected chi connectivity index (χ0v) is 23.4. The van der Waals surface area contributed by atoms with Crippen LogP contribution in [0.5, 0.6) is 0 Å². The molecule has 0 radical (unpaired) electrons. The molecule has 4 rings (SSSR count). The summed E-state index contributed by atoms with van der Waals surface area (Å²) >= 11 is 1.05. The summed E-state index contributed by atoms with van der Waals surface area (Å²) in [7, 11) is -3.73. The predicted octanol–water partition coefficient (Wildman–Crippen LogP) is 5.84. The zero-order valence-electron chi connectivity index (χ0n) is 21.7. The number of thiazole rings is 1. The maximum Gasteiger partial charge on any atom is 0.280 e. The summed E-state index contributed by atoms with van der Waals surface area (Å²) in [5, 5.41) is 16.4. The third-order valence-corrected chi connectivity index (χ3v) is 8.73. The molecule has 0 aliphatic carbocycles. The van der Waals surface area contributed by atoms with Crippen molar-refractivity contribution in [1.29, 1.82) is 0 Å². The van der Waals surface area contributed by atoms with Crippen LogP contribution < -0.4 is 5.01 Å². The van der Waals surface area contributed by atoms with Gasteiger partial charge in [-0.1, -0.05) is 25.2 Å². The van der Waals surface area contributed by atoms with Gasteiger partial charge in [0.1, 0.15) is 5.82 Å². The van der Waals surface area contributed by atoms with Gasteiger partial charge in [0.05, 0.1) is 26.3 Å². The molecule has 1 aromatic heterocycles. The first-order valence-electron chi connectivity index (χ1n) is 12.4. The van der Waals surface area contributed by atoms with Gasteiger partial charge in [0.15, 0.2) is 0 Å². The van der Waals surface area contributed by atoms with E-state index in [9.17, 15) is 27.7 Å². The molecule has 0 fully saturated rings. The number of amides is 1. The van der Waals surface area contributed by atoms with Crippen molar-refractivity contribution in [2.45, 2.75) is 31.6 Å². The van der Waals surface area contributed by atoms with E-state index in [1.807, 2.05) is 13.8 Å². The molecule has 1 amide bonds. The van der Waals surface area contributed by atoms with Gasteiger partial charge in [-0.3, -0.25) is 14.9 Å². The Kier molecular flexibility index (Phi) is 8.97. The number of hydrogen-bond donors (Lipinski definition) is 0. The Morgan fingerprint density at radius 3 is 2.30 bits per heavy atom. The minimum Gasteiger partial charge on any atom is -0.267 e. The highest BCUT2D eigenvalue weighted by Crippen LogP contribution is 2.31. The fourth-order valence-electron chi connectivity index (χ4n) is 3.86. The van der Waals surface area contributed by atoms with Crippen molar-refractivity contribution in [2.75, 3.05) is 18.1 Å². The lowest BCUT2D eigenvalue weighted by atomic mass is 10.2. The van der Waals surface area contributed by atoms with Crippen molar-refractivity contribution in [3.63, 3.8) is 0 Å². The molecule has 0 aliphatic rings. The lowest BCUT2D eigenvalue weighted by Crippen LogP contribution is -2.32. The number of non-ortho nitro benzene ring substituents is 1. The number of carbonyl (C=O) groups excluding carboxylic acids is 1. The molecule has 0 saturated carbocycles. The monoisotopic (exact) mass is 583 g/mol. The van der Waals surface area contributed by atoms with Crippen LogP contribution in [0, 0.1) is 15.9 Å². The molecular weight excluding hydrogens is 557 g/mol. The number of aromatic nitrogens is 1. The molecule has 0 N–H and O–H groups in total. The molecular formula is C27H26FN5O5S2. The number of sulfonamides is 1. The Bertz CT molecular complexity index is 1650. The van der Waals surface area contributed by atoms with E-state index in [2.05, 4.69) is 10.1 Å². The van der Waals surface area contributed by atoms with Crippen LogP contribution in [0.15, 0.2) is 76.7 Å². The topological polar surface area (TPSA) is 126 Å². The van der Waals surface area contributed by atoms with Gasteiger partial charge < -0.3 is 0 Å². The molecule has 0 saturated heterocycles. The lowest BCUT2D eigenvalue weighted by Gasteiger charge is -2.21. The van der Waals surface area contributed by atoms with Crippen LogP contribution in [0.4, 0.5) is 15.2 Å². The van der Waals surface area contributed by atoms with Crippen LogP contribution >= 0.6 is 11.3 Å². The highest BCUT2D eigenvalue weighted by atomic mass is 32.2. The van der Waals surface area contributed by atoms with Crippen LogP contribution in [0.25, 0.3) is 10.2 Å². The number of nitrogens with zero attached hydrogens (tertiary/aromatic N) is 5. The normalized spacial score (nSPS) is 11.9. The van der Waals surface area contributed by atoms with Crippen LogP contribution in [0.2, 0.25) is 0 Å². The molecule has 1 heterocycles. The SMILES string of the molecule is CCCN(CCC)S(=O)(=O)c1ccc(C(=O)N(/N=C/c2ccc([N+](=O)[O-])cc2)c2nc3ccc(F)cc3s2)cc1. The van der Waals surface area contributed by atoms with Gasteiger partial charge in [-0.05, 0) is 73.0 Å². The smallest absolute Gasteiger partial charge is 0.267 e. The Morgan fingerprint density at radius 2 is 1.70 bits per heavy atom. The van der Waals surface area contributed by atoms with Gasteiger partial charge in [0.25, 0.3) is 11.6 Å². The van der Waals surface area contributed by atoms with Gasteiger partial charge in [-0.2, -0.15) is 14.4 Å². The minimum absolute atomic E-state index is 0.0716. The van der Waals surface area contributed by atoms with Crippen molar-refractivity contribution in [2.24, 2.45) is 5.10 Å². The Hall–Kier alpha value is -4.07. The maximum atomic E-state index is 13.8. The minimum atomic E-state index is -3.73. The highest BCUT2D eigenvalue weighted by molar-refractivity contribution is 7.89. The van der Waals surface area contributed by atoms with E-state index >= 15 is 0 Å². The summed E-state index contributed by atoms with van der Waals surface area (Å²) in [6, 6.07) is 15.2. The molecule has 0 bridgehead atoms. The van der Waals surface area contributed by atoms with Gasteiger partial charge >= 0.3 is 0 Å². The summed E-state index contributed by atoms with van der Waals surface area (Å²) in [4.78, 5) is 28.5. The lowest BCUT2D eigenvalue weighted by molar-refractivity contribution is -0.384. The van der Waals surface area contributed by atoms with Gasteiger partial charge in [-0.25, -0.2) is 17.8 Å². The Morgan fingerprint density at radius 1 is 1.05 bits per heavy atom. The summed E-state index contributed by atoms with van der Waals surface area (Å²) in [5.41, 5.74) is 1.02. The van der Waals surface area contributed by atoms with Crippen molar-refractivity contribution in [1.82, 2.24) is 9.29 Å². The summed E-state index contributed by atoms with van der Waals surface area (Å²) in [6.07, 6.45) is 2.69. The quantitative estimate of drug-likeness (QED) is 0.124. The van der Waals surface area contributed by atoms with Gasteiger partial charge in [-0.15, -0.1) is 0 Å². The zero-order chi connectivity index (χ0) is 28.9. The van der Waals surface area contributed by atoms with Crippen molar-refractivity contribution in [3.05, 3.63) is 93.8 Å². The van der Waals surface area contributed by atoms with E-state index in [0.29, 0.717) is 41.7 Å². The third kappa shape index (κ3) is 6.38. The van der Waals surface area contributed by atoms with E-state index in [-0.39, 0.29) is 21.3 Å². The first kappa shape index (κ1) is 28.9. The van der Waals surface area contributed by atoms with E-state index in [0.717, 1.165) is 16.3 Å². The fourth-order valence-corrected chi connectivity index (χ4v) is 6.43. The highest BCUT2D eigenvalue weighted by Gasteiger charge is 2.25. The van der Waals surface area contributed by atoms with Crippen LogP contribution in [0.1, 0.15) is 42.6 Å². The summed E-state index contributed by atoms with van der Waals surface area (Å²) in [6.45, 7) is 4.59. The average molecular weight is 584 g/mol. The number of carbonyl (C=O) groups is 1. The molecule has 0 atom stereocenters. The van der Waals surface area contributed by atoms with E-state index in [4.69, 9.17) is 0 Å².